The van der Waals surface area contributed by atoms with E-state index in [4.69, 9.17) is 5.11 Å². The predicted molar refractivity (Wildman–Crippen MR) is 78.7 cm³/mol. The van der Waals surface area contributed by atoms with Crippen molar-refractivity contribution in [2.75, 3.05) is 13.2 Å². The summed E-state index contributed by atoms with van der Waals surface area (Å²) >= 11 is 0. The van der Waals surface area contributed by atoms with Crippen molar-refractivity contribution in [2.24, 2.45) is 17.3 Å². The zero-order chi connectivity index (χ0) is 13.6. The van der Waals surface area contributed by atoms with Gasteiger partial charge in [-0.2, -0.15) is 0 Å². The van der Waals surface area contributed by atoms with Gasteiger partial charge in [-0.05, 0) is 42.9 Å². The molecular formula is C16H33NO. The molecule has 0 aromatic carbocycles. The SMILES string of the molecule is CC(C)C1CCCCC1NCC(C)(C)CCCO. The van der Waals surface area contributed by atoms with Crippen LogP contribution in [0.2, 0.25) is 0 Å². The first-order valence-corrected chi connectivity index (χ1v) is 7.80. The van der Waals surface area contributed by atoms with Crippen LogP contribution < -0.4 is 5.32 Å². The molecule has 0 aromatic rings. The van der Waals surface area contributed by atoms with E-state index in [1.54, 1.807) is 0 Å². The summed E-state index contributed by atoms with van der Waals surface area (Å²) in [4.78, 5) is 0. The lowest BCUT2D eigenvalue weighted by molar-refractivity contribution is 0.176. The highest BCUT2D eigenvalue weighted by atomic mass is 16.2. The molecule has 1 fully saturated rings. The Balaban J connectivity index is 2.40. The van der Waals surface area contributed by atoms with Crippen LogP contribution in [0.3, 0.4) is 0 Å². The Kier molecular flexibility index (Phi) is 6.65. The summed E-state index contributed by atoms with van der Waals surface area (Å²) in [5.74, 6) is 1.65. The summed E-state index contributed by atoms with van der Waals surface area (Å²) in [6, 6.07) is 0.715. The van der Waals surface area contributed by atoms with Crippen LogP contribution in [0, 0.1) is 17.3 Å². The highest BCUT2D eigenvalue weighted by molar-refractivity contribution is 4.85. The molecule has 2 N–H and O–H groups in total. The van der Waals surface area contributed by atoms with Gasteiger partial charge in [-0.15, -0.1) is 0 Å². The van der Waals surface area contributed by atoms with Gasteiger partial charge < -0.3 is 10.4 Å². The Hall–Kier alpha value is -0.0800. The molecule has 0 spiro atoms. The van der Waals surface area contributed by atoms with E-state index in [0.717, 1.165) is 31.2 Å². The average Bonchev–Trinajstić information content (AvgIpc) is 2.34. The fourth-order valence-corrected chi connectivity index (χ4v) is 3.26. The van der Waals surface area contributed by atoms with Crippen LogP contribution in [0.4, 0.5) is 0 Å². The molecule has 1 saturated carbocycles. The van der Waals surface area contributed by atoms with Crippen molar-refractivity contribution in [3.63, 3.8) is 0 Å². The fraction of sp³-hybridized carbons (Fsp3) is 1.00. The molecule has 0 aliphatic heterocycles. The minimum absolute atomic E-state index is 0.307. The number of hydrogen-bond acceptors (Lipinski definition) is 2. The van der Waals surface area contributed by atoms with Gasteiger partial charge in [-0.25, -0.2) is 0 Å². The highest BCUT2D eigenvalue weighted by Gasteiger charge is 2.28. The molecule has 1 aliphatic carbocycles. The van der Waals surface area contributed by atoms with Gasteiger partial charge in [0, 0.05) is 19.2 Å². The van der Waals surface area contributed by atoms with Crippen molar-refractivity contribution in [3.8, 4) is 0 Å². The summed E-state index contributed by atoms with van der Waals surface area (Å²) in [6.07, 6.45) is 7.57. The van der Waals surface area contributed by atoms with E-state index in [1.165, 1.54) is 25.7 Å². The molecule has 2 unspecified atom stereocenters. The minimum Gasteiger partial charge on any atom is -0.396 e. The number of nitrogens with one attached hydrogen (secondary N) is 1. The van der Waals surface area contributed by atoms with E-state index < -0.39 is 0 Å². The Morgan fingerprint density at radius 2 is 1.89 bits per heavy atom. The van der Waals surface area contributed by atoms with Crippen molar-refractivity contribution >= 4 is 0 Å². The third-order valence-corrected chi connectivity index (χ3v) is 4.53. The minimum atomic E-state index is 0.307. The number of aliphatic hydroxyl groups is 1. The lowest BCUT2D eigenvalue weighted by atomic mass is 9.77. The second-order valence-electron chi connectivity index (χ2n) is 7.17. The molecule has 0 bridgehead atoms. The topological polar surface area (TPSA) is 32.3 Å². The zero-order valence-electron chi connectivity index (χ0n) is 12.8. The van der Waals surface area contributed by atoms with Gasteiger partial charge in [-0.1, -0.05) is 40.5 Å². The molecule has 0 heterocycles. The maximum absolute atomic E-state index is 8.94. The van der Waals surface area contributed by atoms with Gasteiger partial charge in [0.2, 0.25) is 0 Å². The highest BCUT2D eigenvalue weighted by Crippen LogP contribution is 2.31. The molecular weight excluding hydrogens is 222 g/mol. The van der Waals surface area contributed by atoms with Crippen LogP contribution in [0.5, 0.6) is 0 Å². The maximum Gasteiger partial charge on any atom is 0.0431 e. The molecule has 1 aliphatic rings. The smallest absolute Gasteiger partial charge is 0.0431 e. The van der Waals surface area contributed by atoms with E-state index in [2.05, 4.69) is 33.0 Å². The average molecular weight is 255 g/mol. The van der Waals surface area contributed by atoms with E-state index in [9.17, 15) is 0 Å². The summed E-state index contributed by atoms with van der Waals surface area (Å²) < 4.78 is 0. The fourth-order valence-electron chi connectivity index (χ4n) is 3.26. The monoisotopic (exact) mass is 255 g/mol. The Morgan fingerprint density at radius 1 is 1.22 bits per heavy atom. The van der Waals surface area contributed by atoms with Crippen molar-refractivity contribution in [2.45, 2.75) is 72.3 Å². The Bertz CT molecular complexity index is 225. The van der Waals surface area contributed by atoms with Crippen LogP contribution in [0.25, 0.3) is 0 Å². The normalized spacial score (nSPS) is 25.7. The van der Waals surface area contributed by atoms with Crippen molar-refractivity contribution in [1.29, 1.82) is 0 Å². The lowest BCUT2D eigenvalue weighted by Gasteiger charge is -2.37. The molecule has 0 radical (unpaired) electrons. The summed E-state index contributed by atoms with van der Waals surface area (Å²) in [5.41, 5.74) is 0.307. The van der Waals surface area contributed by atoms with Crippen LogP contribution in [0.1, 0.15) is 66.2 Å². The third-order valence-electron chi connectivity index (χ3n) is 4.53. The van der Waals surface area contributed by atoms with Crippen LogP contribution >= 0.6 is 0 Å². The lowest BCUT2D eigenvalue weighted by Crippen LogP contribution is -2.44. The van der Waals surface area contributed by atoms with Gasteiger partial charge >= 0.3 is 0 Å². The molecule has 18 heavy (non-hydrogen) atoms. The van der Waals surface area contributed by atoms with Gasteiger partial charge in [0.05, 0.1) is 0 Å². The molecule has 0 amide bonds. The van der Waals surface area contributed by atoms with Crippen LogP contribution in [-0.4, -0.2) is 24.3 Å². The maximum atomic E-state index is 8.94. The Labute approximate surface area is 114 Å². The largest absolute Gasteiger partial charge is 0.396 e. The third kappa shape index (κ3) is 5.27. The summed E-state index contributed by atoms with van der Waals surface area (Å²) in [6.45, 7) is 10.7. The zero-order valence-corrected chi connectivity index (χ0v) is 12.8. The molecule has 2 atom stereocenters. The van der Waals surface area contributed by atoms with Crippen molar-refractivity contribution < 1.29 is 5.11 Å². The number of hydrogen-bond donors (Lipinski definition) is 2. The summed E-state index contributed by atoms with van der Waals surface area (Å²) in [7, 11) is 0. The van der Waals surface area contributed by atoms with Gasteiger partial charge in [0.1, 0.15) is 0 Å². The first-order valence-electron chi connectivity index (χ1n) is 7.80. The molecule has 108 valence electrons. The van der Waals surface area contributed by atoms with Crippen molar-refractivity contribution in [1.82, 2.24) is 5.32 Å². The van der Waals surface area contributed by atoms with Gasteiger partial charge in [-0.3, -0.25) is 0 Å². The van der Waals surface area contributed by atoms with Crippen LogP contribution in [-0.2, 0) is 0 Å². The molecule has 2 nitrogen and oxygen atoms in total. The molecule has 2 heteroatoms. The van der Waals surface area contributed by atoms with Gasteiger partial charge in [0.25, 0.3) is 0 Å². The summed E-state index contributed by atoms with van der Waals surface area (Å²) in [5, 5.41) is 12.8. The molecule has 0 saturated heterocycles. The molecule has 1 rings (SSSR count). The number of aliphatic hydroxyl groups excluding tert-OH is 1. The molecule has 0 aromatic heterocycles. The van der Waals surface area contributed by atoms with E-state index >= 15 is 0 Å². The second kappa shape index (κ2) is 7.49. The standard InChI is InChI=1S/C16H33NO/c1-13(2)14-8-5-6-9-15(14)17-12-16(3,4)10-7-11-18/h13-15,17-18H,5-12H2,1-4H3. The van der Waals surface area contributed by atoms with E-state index in [0.29, 0.717) is 18.1 Å². The Morgan fingerprint density at radius 3 is 2.50 bits per heavy atom. The van der Waals surface area contributed by atoms with Crippen molar-refractivity contribution in [3.05, 3.63) is 0 Å². The van der Waals surface area contributed by atoms with E-state index in [-0.39, 0.29) is 0 Å². The first kappa shape index (κ1) is 16.0. The first-order chi connectivity index (χ1) is 8.46. The van der Waals surface area contributed by atoms with E-state index in [1.807, 2.05) is 0 Å². The van der Waals surface area contributed by atoms with Crippen LogP contribution in [0.15, 0.2) is 0 Å². The predicted octanol–water partition coefficient (Wildman–Crippen LogP) is 3.59. The van der Waals surface area contributed by atoms with Gasteiger partial charge in [0.15, 0.2) is 0 Å². The number of rotatable bonds is 7. The second-order valence-corrected chi connectivity index (χ2v) is 7.17. The quantitative estimate of drug-likeness (QED) is 0.728.